The SMILES string of the molecule is CN1CCC2(CCOC[C@H]2COc2cccnc2)CC1. The van der Waals surface area contributed by atoms with Gasteiger partial charge < -0.3 is 14.4 Å². The summed E-state index contributed by atoms with van der Waals surface area (Å²) in [6.07, 6.45) is 7.28. The standard InChI is InChI=1S/C16H24N2O2/c1-18-8-4-16(5-9-18)6-10-19-12-14(16)13-20-15-3-2-7-17-11-15/h2-3,7,11,14H,4-6,8-10,12-13H2,1H3/t14-/m0/s1. The Balaban J connectivity index is 1.63. The molecule has 2 aliphatic heterocycles. The molecule has 2 saturated heterocycles. The fraction of sp³-hybridized carbons (Fsp3) is 0.688. The summed E-state index contributed by atoms with van der Waals surface area (Å²) in [5.74, 6) is 1.37. The summed E-state index contributed by atoms with van der Waals surface area (Å²) in [5.41, 5.74) is 0.424. The zero-order chi connectivity index (χ0) is 13.8. The summed E-state index contributed by atoms with van der Waals surface area (Å²) in [6, 6.07) is 3.88. The smallest absolute Gasteiger partial charge is 0.137 e. The summed E-state index contributed by atoms with van der Waals surface area (Å²) >= 11 is 0. The maximum atomic E-state index is 5.94. The molecule has 4 nitrogen and oxygen atoms in total. The highest BCUT2D eigenvalue weighted by atomic mass is 16.5. The van der Waals surface area contributed by atoms with Gasteiger partial charge in [-0.2, -0.15) is 0 Å². The van der Waals surface area contributed by atoms with E-state index in [4.69, 9.17) is 9.47 Å². The highest BCUT2D eigenvalue weighted by Gasteiger charge is 2.43. The summed E-state index contributed by atoms with van der Waals surface area (Å²) in [5, 5.41) is 0. The van der Waals surface area contributed by atoms with Crippen molar-refractivity contribution < 1.29 is 9.47 Å². The number of piperidine rings is 1. The van der Waals surface area contributed by atoms with Crippen LogP contribution in [-0.4, -0.2) is 49.8 Å². The molecule has 3 heterocycles. The van der Waals surface area contributed by atoms with Crippen molar-refractivity contribution in [2.24, 2.45) is 11.3 Å². The van der Waals surface area contributed by atoms with Crippen LogP contribution >= 0.6 is 0 Å². The molecule has 0 N–H and O–H groups in total. The topological polar surface area (TPSA) is 34.6 Å². The van der Waals surface area contributed by atoms with Gasteiger partial charge in [-0.05, 0) is 56.9 Å². The normalized spacial score (nSPS) is 26.6. The van der Waals surface area contributed by atoms with Crippen LogP contribution in [0.3, 0.4) is 0 Å². The lowest BCUT2D eigenvalue weighted by Gasteiger charge is -2.48. The van der Waals surface area contributed by atoms with Crippen LogP contribution in [0.2, 0.25) is 0 Å². The largest absolute Gasteiger partial charge is 0.492 e. The van der Waals surface area contributed by atoms with E-state index in [1.54, 1.807) is 12.4 Å². The molecule has 1 aromatic heterocycles. The van der Waals surface area contributed by atoms with Gasteiger partial charge in [-0.3, -0.25) is 4.98 Å². The van der Waals surface area contributed by atoms with E-state index in [0.29, 0.717) is 11.3 Å². The third-order valence-electron chi connectivity index (χ3n) is 5.00. The minimum Gasteiger partial charge on any atom is -0.492 e. The van der Waals surface area contributed by atoms with E-state index in [1.165, 1.54) is 32.4 Å². The number of ether oxygens (including phenoxy) is 2. The number of nitrogens with zero attached hydrogens (tertiary/aromatic N) is 2. The Hall–Kier alpha value is -1.13. The molecule has 110 valence electrons. The molecule has 20 heavy (non-hydrogen) atoms. The molecule has 3 rings (SSSR count). The van der Waals surface area contributed by atoms with Crippen molar-refractivity contribution in [1.29, 1.82) is 0 Å². The van der Waals surface area contributed by atoms with Crippen LogP contribution in [-0.2, 0) is 4.74 Å². The van der Waals surface area contributed by atoms with Crippen LogP contribution in [0.25, 0.3) is 0 Å². The predicted molar refractivity (Wildman–Crippen MR) is 77.8 cm³/mol. The molecular weight excluding hydrogens is 252 g/mol. The molecule has 1 aromatic rings. The lowest BCUT2D eigenvalue weighted by atomic mass is 9.66. The Bertz CT molecular complexity index is 416. The number of likely N-dealkylation sites (tertiary alicyclic amines) is 1. The van der Waals surface area contributed by atoms with Crippen molar-refractivity contribution in [3.63, 3.8) is 0 Å². The third-order valence-corrected chi connectivity index (χ3v) is 5.00. The Morgan fingerprint density at radius 1 is 1.40 bits per heavy atom. The molecule has 0 amide bonds. The van der Waals surface area contributed by atoms with Crippen LogP contribution in [0, 0.1) is 11.3 Å². The molecule has 0 saturated carbocycles. The number of pyridine rings is 1. The first kappa shape index (κ1) is 13.8. The second-order valence-electron chi connectivity index (χ2n) is 6.19. The first-order chi connectivity index (χ1) is 9.78. The molecule has 0 aliphatic carbocycles. The van der Waals surface area contributed by atoms with E-state index in [2.05, 4.69) is 16.9 Å². The molecule has 4 heteroatoms. The molecule has 1 atom stereocenters. The van der Waals surface area contributed by atoms with Gasteiger partial charge >= 0.3 is 0 Å². The third kappa shape index (κ3) is 2.96. The summed E-state index contributed by atoms with van der Waals surface area (Å²) in [7, 11) is 2.22. The van der Waals surface area contributed by atoms with Gasteiger partial charge in [0.05, 0.1) is 19.4 Å². The first-order valence-corrected chi connectivity index (χ1v) is 7.58. The zero-order valence-corrected chi connectivity index (χ0v) is 12.3. The molecule has 0 unspecified atom stereocenters. The maximum Gasteiger partial charge on any atom is 0.137 e. The molecular formula is C16H24N2O2. The van der Waals surface area contributed by atoms with Crippen LogP contribution in [0.4, 0.5) is 0 Å². The summed E-state index contributed by atoms with van der Waals surface area (Å²) in [6.45, 7) is 4.89. The average Bonchev–Trinajstić information content (AvgIpc) is 2.51. The van der Waals surface area contributed by atoms with Gasteiger partial charge in [0.15, 0.2) is 0 Å². The van der Waals surface area contributed by atoms with Crippen molar-refractivity contribution in [2.45, 2.75) is 19.3 Å². The van der Waals surface area contributed by atoms with Crippen LogP contribution < -0.4 is 4.74 Å². The number of hydrogen-bond acceptors (Lipinski definition) is 4. The Kier molecular flexibility index (Phi) is 4.22. The molecule has 2 fully saturated rings. The Morgan fingerprint density at radius 3 is 3.00 bits per heavy atom. The van der Waals surface area contributed by atoms with Gasteiger partial charge in [-0.1, -0.05) is 0 Å². The van der Waals surface area contributed by atoms with Crippen LogP contribution in [0.1, 0.15) is 19.3 Å². The highest BCUT2D eigenvalue weighted by molar-refractivity contribution is 5.15. The molecule has 0 radical (unpaired) electrons. The lowest BCUT2D eigenvalue weighted by molar-refractivity contribution is -0.0833. The summed E-state index contributed by atoms with van der Waals surface area (Å²) < 4.78 is 11.7. The lowest BCUT2D eigenvalue weighted by Crippen LogP contribution is -2.48. The van der Waals surface area contributed by atoms with E-state index in [0.717, 1.165) is 25.6 Å². The van der Waals surface area contributed by atoms with Crippen molar-refractivity contribution >= 4 is 0 Å². The zero-order valence-electron chi connectivity index (χ0n) is 12.3. The highest BCUT2D eigenvalue weighted by Crippen LogP contribution is 2.44. The van der Waals surface area contributed by atoms with Gasteiger partial charge in [-0.15, -0.1) is 0 Å². The fourth-order valence-electron chi connectivity index (χ4n) is 3.46. The Labute approximate surface area is 121 Å². The maximum absolute atomic E-state index is 5.94. The van der Waals surface area contributed by atoms with E-state index < -0.39 is 0 Å². The van der Waals surface area contributed by atoms with Gasteiger partial charge in [0, 0.05) is 18.7 Å². The predicted octanol–water partition coefficient (Wildman–Crippen LogP) is 2.21. The second-order valence-corrected chi connectivity index (χ2v) is 6.19. The second kappa shape index (κ2) is 6.10. The average molecular weight is 276 g/mol. The van der Waals surface area contributed by atoms with Crippen molar-refractivity contribution in [3.05, 3.63) is 24.5 Å². The number of hydrogen-bond donors (Lipinski definition) is 0. The van der Waals surface area contributed by atoms with Gasteiger partial charge in [-0.25, -0.2) is 0 Å². The number of aromatic nitrogens is 1. The molecule has 1 spiro atoms. The fourth-order valence-corrected chi connectivity index (χ4v) is 3.46. The van der Waals surface area contributed by atoms with E-state index in [-0.39, 0.29) is 0 Å². The van der Waals surface area contributed by atoms with E-state index in [9.17, 15) is 0 Å². The molecule has 2 aliphatic rings. The van der Waals surface area contributed by atoms with Gasteiger partial charge in [0.2, 0.25) is 0 Å². The van der Waals surface area contributed by atoms with Crippen molar-refractivity contribution in [3.8, 4) is 5.75 Å². The Morgan fingerprint density at radius 2 is 2.25 bits per heavy atom. The van der Waals surface area contributed by atoms with Gasteiger partial charge in [0.1, 0.15) is 5.75 Å². The van der Waals surface area contributed by atoms with E-state index in [1.807, 2.05) is 12.1 Å². The number of rotatable bonds is 3. The van der Waals surface area contributed by atoms with E-state index >= 15 is 0 Å². The summed E-state index contributed by atoms with van der Waals surface area (Å²) in [4.78, 5) is 6.53. The van der Waals surface area contributed by atoms with Crippen LogP contribution in [0.5, 0.6) is 5.75 Å². The van der Waals surface area contributed by atoms with Crippen LogP contribution in [0.15, 0.2) is 24.5 Å². The minimum absolute atomic E-state index is 0.424. The first-order valence-electron chi connectivity index (χ1n) is 7.58. The monoisotopic (exact) mass is 276 g/mol. The minimum atomic E-state index is 0.424. The molecule has 0 aromatic carbocycles. The van der Waals surface area contributed by atoms with Crippen molar-refractivity contribution in [2.75, 3.05) is 40.0 Å². The van der Waals surface area contributed by atoms with Crippen molar-refractivity contribution in [1.82, 2.24) is 9.88 Å². The molecule has 0 bridgehead atoms. The van der Waals surface area contributed by atoms with Gasteiger partial charge in [0.25, 0.3) is 0 Å². The quantitative estimate of drug-likeness (QED) is 0.848.